The zero-order valence-electron chi connectivity index (χ0n) is 13.0. The van der Waals surface area contributed by atoms with Gasteiger partial charge in [0.05, 0.1) is 13.2 Å². The van der Waals surface area contributed by atoms with E-state index in [1.165, 1.54) is 12.0 Å². The Hall–Kier alpha value is -1.11. The fourth-order valence-electron chi connectivity index (χ4n) is 3.23. The zero-order valence-corrected chi connectivity index (χ0v) is 13.8. The van der Waals surface area contributed by atoms with Crippen molar-refractivity contribution in [2.75, 3.05) is 45.9 Å². The number of amides is 2. The molecule has 0 radical (unpaired) electrons. The van der Waals surface area contributed by atoms with Crippen LogP contribution in [0.5, 0.6) is 0 Å². The summed E-state index contributed by atoms with van der Waals surface area (Å²) in [6.45, 7) is 7.24. The molecule has 1 unspecified atom stereocenters. The molecule has 6 heteroatoms. The first-order chi connectivity index (χ1) is 10.8. The number of nitrogens with one attached hydrogen (secondary N) is 1. The summed E-state index contributed by atoms with van der Waals surface area (Å²) >= 11 is 1.67. The van der Waals surface area contributed by atoms with Gasteiger partial charge in [0.1, 0.15) is 0 Å². The topological polar surface area (TPSA) is 44.8 Å². The molecule has 2 aliphatic heterocycles. The Labute approximate surface area is 136 Å². The minimum Gasteiger partial charge on any atom is -0.379 e. The normalized spacial score (nSPS) is 23.5. The Morgan fingerprint density at radius 1 is 1.36 bits per heavy atom. The fourth-order valence-corrected chi connectivity index (χ4v) is 3.90. The number of carbonyl (C=O) groups is 1. The molecule has 5 nitrogen and oxygen atoms in total. The summed E-state index contributed by atoms with van der Waals surface area (Å²) in [6, 6.07) is 2.14. The number of nitrogens with zero attached hydrogens (tertiary/aromatic N) is 2. The molecule has 2 amide bonds. The monoisotopic (exact) mass is 323 g/mol. The van der Waals surface area contributed by atoms with E-state index in [-0.39, 0.29) is 6.03 Å². The summed E-state index contributed by atoms with van der Waals surface area (Å²) in [4.78, 5) is 16.8. The lowest BCUT2D eigenvalue weighted by Crippen LogP contribution is -2.48. The Kier molecular flexibility index (Phi) is 5.70. The zero-order chi connectivity index (χ0) is 15.2. The molecule has 22 heavy (non-hydrogen) atoms. The van der Waals surface area contributed by atoms with Crippen molar-refractivity contribution in [1.29, 1.82) is 0 Å². The van der Waals surface area contributed by atoms with Crippen molar-refractivity contribution >= 4 is 17.4 Å². The van der Waals surface area contributed by atoms with Crippen molar-refractivity contribution in [3.63, 3.8) is 0 Å². The van der Waals surface area contributed by atoms with Gasteiger partial charge in [-0.1, -0.05) is 0 Å². The number of morpholine rings is 1. The molecule has 0 aromatic carbocycles. The van der Waals surface area contributed by atoms with E-state index in [2.05, 4.69) is 21.7 Å². The highest BCUT2D eigenvalue weighted by Crippen LogP contribution is 2.18. The molecule has 1 aromatic rings. The summed E-state index contributed by atoms with van der Waals surface area (Å²) in [6.07, 6.45) is 2.34. The highest BCUT2D eigenvalue weighted by atomic mass is 32.1. The number of piperidine rings is 1. The van der Waals surface area contributed by atoms with Gasteiger partial charge in [-0.15, -0.1) is 0 Å². The molecular weight excluding hydrogens is 298 g/mol. The summed E-state index contributed by atoms with van der Waals surface area (Å²) in [5.74, 6) is 0.596. The second-order valence-corrected chi connectivity index (χ2v) is 6.94. The van der Waals surface area contributed by atoms with Crippen LogP contribution in [-0.4, -0.2) is 61.8 Å². The van der Waals surface area contributed by atoms with Gasteiger partial charge in [0, 0.05) is 39.3 Å². The third-order valence-corrected chi connectivity index (χ3v) is 5.18. The van der Waals surface area contributed by atoms with Crippen LogP contribution in [0.3, 0.4) is 0 Å². The molecule has 2 aliphatic rings. The quantitative estimate of drug-likeness (QED) is 0.922. The number of ether oxygens (including phenoxy) is 1. The Morgan fingerprint density at radius 3 is 3.00 bits per heavy atom. The van der Waals surface area contributed by atoms with Gasteiger partial charge in [-0.3, -0.25) is 4.90 Å². The molecule has 0 bridgehead atoms. The Bertz CT molecular complexity index is 460. The first-order valence-corrected chi connectivity index (χ1v) is 9.09. The van der Waals surface area contributed by atoms with Crippen molar-refractivity contribution in [1.82, 2.24) is 15.1 Å². The van der Waals surface area contributed by atoms with Gasteiger partial charge in [-0.2, -0.15) is 11.3 Å². The van der Waals surface area contributed by atoms with Crippen LogP contribution in [0.15, 0.2) is 16.8 Å². The molecule has 1 atom stereocenters. The minimum absolute atomic E-state index is 0.0814. The molecule has 2 saturated heterocycles. The molecule has 3 rings (SSSR count). The predicted octanol–water partition coefficient (Wildman–Crippen LogP) is 2.00. The lowest BCUT2D eigenvalue weighted by Gasteiger charge is -2.36. The van der Waals surface area contributed by atoms with Crippen LogP contribution in [-0.2, 0) is 11.3 Å². The maximum absolute atomic E-state index is 12.3. The number of hydrogen-bond acceptors (Lipinski definition) is 4. The van der Waals surface area contributed by atoms with Gasteiger partial charge >= 0.3 is 6.03 Å². The third kappa shape index (κ3) is 4.44. The SMILES string of the molecule is O=C(NCc1ccsc1)N1CCCC(CN2CCOCC2)C1. The highest BCUT2D eigenvalue weighted by Gasteiger charge is 2.25. The summed E-state index contributed by atoms with van der Waals surface area (Å²) < 4.78 is 5.40. The Balaban J connectivity index is 1.43. The van der Waals surface area contributed by atoms with Gasteiger partial charge in [-0.05, 0) is 41.1 Å². The van der Waals surface area contributed by atoms with Crippen molar-refractivity contribution in [3.8, 4) is 0 Å². The van der Waals surface area contributed by atoms with Crippen molar-refractivity contribution in [2.45, 2.75) is 19.4 Å². The third-order valence-electron chi connectivity index (χ3n) is 4.45. The van der Waals surface area contributed by atoms with Crippen molar-refractivity contribution < 1.29 is 9.53 Å². The van der Waals surface area contributed by atoms with Crippen LogP contribution in [0, 0.1) is 5.92 Å². The molecule has 0 spiro atoms. The standard InChI is InChI=1S/C16H25N3O2S/c20-16(17-10-14-3-9-22-13-14)19-4-1-2-15(12-19)11-18-5-7-21-8-6-18/h3,9,13,15H,1-2,4-8,10-12H2,(H,17,20). The summed E-state index contributed by atoms with van der Waals surface area (Å²) in [5.41, 5.74) is 1.18. The molecule has 122 valence electrons. The lowest BCUT2D eigenvalue weighted by atomic mass is 9.97. The first-order valence-electron chi connectivity index (χ1n) is 8.15. The number of hydrogen-bond donors (Lipinski definition) is 1. The van der Waals surface area contributed by atoms with E-state index >= 15 is 0 Å². The van der Waals surface area contributed by atoms with Gasteiger partial charge in [0.15, 0.2) is 0 Å². The van der Waals surface area contributed by atoms with E-state index in [9.17, 15) is 4.79 Å². The van der Waals surface area contributed by atoms with Gasteiger partial charge in [0.25, 0.3) is 0 Å². The van der Waals surface area contributed by atoms with Crippen molar-refractivity contribution in [3.05, 3.63) is 22.4 Å². The molecule has 1 aromatic heterocycles. The van der Waals surface area contributed by atoms with Crippen LogP contribution in [0.1, 0.15) is 18.4 Å². The van der Waals surface area contributed by atoms with Crippen LogP contribution in [0.2, 0.25) is 0 Å². The van der Waals surface area contributed by atoms with Crippen LogP contribution < -0.4 is 5.32 Å². The second-order valence-electron chi connectivity index (χ2n) is 6.16. The van der Waals surface area contributed by atoms with Crippen LogP contribution >= 0.6 is 11.3 Å². The molecule has 0 aliphatic carbocycles. The molecule has 3 heterocycles. The van der Waals surface area contributed by atoms with E-state index in [4.69, 9.17) is 4.74 Å². The highest BCUT2D eigenvalue weighted by molar-refractivity contribution is 7.07. The summed E-state index contributed by atoms with van der Waals surface area (Å²) in [7, 11) is 0. The number of carbonyl (C=O) groups excluding carboxylic acids is 1. The van der Waals surface area contributed by atoms with Crippen LogP contribution in [0.25, 0.3) is 0 Å². The molecule has 0 saturated carbocycles. The van der Waals surface area contributed by atoms with E-state index in [0.717, 1.165) is 52.4 Å². The van der Waals surface area contributed by atoms with E-state index in [0.29, 0.717) is 12.5 Å². The average molecular weight is 323 g/mol. The van der Waals surface area contributed by atoms with E-state index < -0.39 is 0 Å². The number of thiophene rings is 1. The van der Waals surface area contributed by atoms with Gasteiger partial charge in [0.2, 0.25) is 0 Å². The van der Waals surface area contributed by atoms with Crippen molar-refractivity contribution in [2.24, 2.45) is 5.92 Å². The second kappa shape index (κ2) is 7.94. The number of likely N-dealkylation sites (tertiary alicyclic amines) is 1. The fraction of sp³-hybridized carbons (Fsp3) is 0.688. The average Bonchev–Trinajstić information content (AvgIpc) is 3.07. The maximum Gasteiger partial charge on any atom is 0.317 e. The number of rotatable bonds is 4. The molecule has 1 N–H and O–H groups in total. The molecular formula is C16H25N3O2S. The molecule has 2 fully saturated rings. The minimum atomic E-state index is 0.0814. The van der Waals surface area contributed by atoms with E-state index in [1.54, 1.807) is 11.3 Å². The largest absolute Gasteiger partial charge is 0.379 e. The smallest absolute Gasteiger partial charge is 0.317 e. The first kappa shape index (κ1) is 15.8. The summed E-state index contributed by atoms with van der Waals surface area (Å²) in [5, 5.41) is 7.16. The lowest BCUT2D eigenvalue weighted by molar-refractivity contribution is 0.0249. The van der Waals surface area contributed by atoms with Gasteiger partial charge < -0.3 is 15.0 Å². The Morgan fingerprint density at radius 2 is 2.23 bits per heavy atom. The number of urea groups is 1. The van der Waals surface area contributed by atoms with E-state index in [1.807, 2.05) is 10.3 Å². The maximum atomic E-state index is 12.3. The van der Waals surface area contributed by atoms with Gasteiger partial charge in [-0.25, -0.2) is 4.79 Å². The van der Waals surface area contributed by atoms with Crippen LogP contribution in [0.4, 0.5) is 4.79 Å². The predicted molar refractivity (Wildman–Crippen MR) is 88.1 cm³/mol.